The summed E-state index contributed by atoms with van der Waals surface area (Å²) in [5.74, 6) is -0.212. The molecule has 1 aromatic heterocycles. The van der Waals surface area contributed by atoms with E-state index in [1.165, 1.54) is 17.0 Å². The predicted octanol–water partition coefficient (Wildman–Crippen LogP) is 1.77. The lowest BCUT2D eigenvalue weighted by atomic mass is 10.3. The first-order chi connectivity index (χ1) is 8.68. The van der Waals surface area contributed by atoms with Gasteiger partial charge in [-0.05, 0) is 17.1 Å². The van der Waals surface area contributed by atoms with Crippen LogP contribution in [0.2, 0.25) is 0 Å². The van der Waals surface area contributed by atoms with E-state index in [0.29, 0.717) is 5.69 Å². The van der Waals surface area contributed by atoms with Crippen molar-refractivity contribution in [1.29, 1.82) is 0 Å². The number of rotatable bonds is 4. The third kappa shape index (κ3) is 2.51. The zero-order chi connectivity index (χ0) is 13.0. The lowest BCUT2D eigenvalue weighted by Gasteiger charge is -1.98. The molecule has 92 valence electrons. The molecule has 0 amide bonds. The molecule has 0 saturated heterocycles. The van der Waals surface area contributed by atoms with Gasteiger partial charge >= 0.3 is 5.95 Å². The second-order valence-electron chi connectivity index (χ2n) is 3.54. The molecule has 1 heterocycles. The maximum Gasteiger partial charge on any atom is 0.434 e. The van der Waals surface area contributed by atoms with Gasteiger partial charge in [0.1, 0.15) is 6.20 Å². The van der Waals surface area contributed by atoms with Crippen molar-refractivity contribution in [2.45, 2.75) is 0 Å². The van der Waals surface area contributed by atoms with Crippen molar-refractivity contribution in [3.05, 3.63) is 52.3 Å². The van der Waals surface area contributed by atoms with Crippen LogP contribution in [0.5, 0.6) is 0 Å². The molecule has 0 fully saturated rings. The van der Waals surface area contributed by atoms with E-state index in [9.17, 15) is 10.1 Å². The number of benzene rings is 1. The lowest BCUT2D eigenvalue weighted by Crippen LogP contribution is -2.02. The number of nitrogens with zero attached hydrogens (tertiary/aromatic N) is 4. The number of hydrogen-bond donors (Lipinski definition) is 1. The predicted molar refractivity (Wildman–Crippen MR) is 67.5 cm³/mol. The summed E-state index contributed by atoms with van der Waals surface area (Å²) in [6.07, 6.45) is 2.88. The number of hydrogen-bond acceptors (Lipinski definition) is 5. The standard InChI is InChI=1S/C11H11N5O2/c1-15-10(7-12-11(15)16(17)18)8-13-14-9-5-3-2-4-6-9/h2-8,14H,1H3. The highest BCUT2D eigenvalue weighted by molar-refractivity contribution is 5.78. The van der Waals surface area contributed by atoms with Gasteiger partial charge < -0.3 is 10.1 Å². The summed E-state index contributed by atoms with van der Waals surface area (Å²) in [7, 11) is 1.56. The van der Waals surface area contributed by atoms with Crippen LogP contribution in [0.3, 0.4) is 0 Å². The summed E-state index contributed by atoms with van der Waals surface area (Å²) >= 11 is 0. The number of hydrazone groups is 1. The van der Waals surface area contributed by atoms with Crippen LogP contribution in [-0.4, -0.2) is 20.7 Å². The summed E-state index contributed by atoms with van der Waals surface area (Å²) in [6.45, 7) is 0. The van der Waals surface area contributed by atoms with Crippen molar-refractivity contribution < 1.29 is 4.92 Å². The summed E-state index contributed by atoms with van der Waals surface area (Å²) < 4.78 is 1.36. The Morgan fingerprint density at radius 3 is 2.78 bits per heavy atom. The second-order valence-corrected chi connectivity index (χ2v) is 3.54. The fourth-order valence-electron chi connectivity index (χ4n) is 1.39. The minimum Gasteiger partial charge on any atom is -0.390 e. The van der Waals surface area contributed by atoms with Crippen LogP contribution in [0.4, 0.5) is 11.6 Å². The number of aromatic nitrogens is 2. The molecule has 2 rings (SSSR count). The van der Waals surface area contributed by atoms with Crippen LogP contribution in [0.15, 0.2) is 41.6 Å². The largest absolute Gasteiger partial charge is 0.434 e. The maximum atomic E-state index is 10.6. The molecule has 7 nitrogen and oxygen atoms in total. The third-order valence-corrected chi connectivity index (χ3v) is 2.33. The highest BCUT2D eigenvalue weighted by Crippen LogP contribution is 2.09. The number of para-hydroxylation sites is 1. The van der Waals surface area contributed by atoms with Gasteiger partial charge in [0.25, 0.3) is 0 Å². The van der Waals surface area contributed by atoms with Crippen molar-refractivity contribution in [3.63, 3.8) is 0 Å². The number of nitrogens with one attached hydrogen (secondary N) is 1. The Morgan fingerprint density at radius 2 is 2.17 bits per heavy atom. The first kappa shape index (κ1) is 11.8. The number of anilines is 1. The van der Waals surface area contributed by atoms with E-state index >= 15 is 0 Å². The van der Waals surface area contributed by atoms with Crippen LogP contribution < -0.4 is 5.43 Å². The van der Waals surface area contributed by atoms with E-state index < -0.39 is 4.92 Å². The molecule has 0 aliphatic rings. The Labute approximate surface area is 103 Å². The molecule has 0 spiro atoms. The van der Waals surface area contributed by atoms with Gasteiger partial charge in [0, 0.05) is 0 Å². The van der Waals surface area contributed by atoms with Crippen LogP contribution >= 0.6 is 0 Å². The summed E-state index contributed by atoms with van der Waals surface area (Å²) in [5, 5.41) is 14.6. The van der Waals surface area contributed by atoms with E-state index in [1.54, 1.807) is 7.05 Å². The Hall–Kier alpha value is -2.70. The van der Waals surface area contributed by atoms with Crippen molar-refractivity contribution in [2.75, 3.05) is 5.43 Å². The van der Waals surface area contributed by atoms with Gasteiger partial charge in [-0.2, -0.15) is 5.10 Å². The smallest absolute Gasteiger partial charge is 0.390 e. The Kier molecular flexibility index (Phi) is 3.33. The molecule has 0 aliphatic heterocycles. The van der Waals surface area contributed by atoms with Gasteiger partial charge in [0.15, 0.2) is 5.69 Å². The Bertz CT molecular complexity index is 576. The van der Waals surface area contributed by atoms with Gasteiger partial charge in [-0.15, -0.1) is 0 Å². The van der Waals surface area contributed by atoms with Gasteiger partial charge in [-0.25, -0.2) is 4.57 Å². The van der Waals surface area contributed by atoms with E-state index in [-0.39, 0.29) is 5.95 Å². The average molecular weight is 245 g/mol. The average Bonchev–Trinajstić information content (AvgIpc) is 2.73. The number of imidazole rings is 1. The highest BCUT2D eigenvalue weighted by Gasteiger charge is 2.15. The van der Waals surface area contributed by atoms with Crippen LogP contribution in [-0.2, 0) is 7.05 Å². The van der Waals surface area contributed by atoms with Crippen molar-refractivity contribution in [3.8, 4) is 0 Å². The SMILES string of the molecule is Cn1c(C=NNc2ccccc2)cnc1[N+](=O)[O-]. The fourth-order valence-corrected chi connectivity index (χ4v) is 1.39. The van der Waals surface area contributed by atoms with Crippen LogP contribution in [0.1, 0.15) is 5.69 Å². The fraction of sp³-hybridized carbons (Fsp3) is 0.0909. The molecule has 0 bridgehead atoms. The minimum absolute atomic E-state index is 0.212. The van der Waals surface area contributed by atoms with E-state index in [2.05, 4.69) is 15.5 Å². The maximum absolute atomic E-state index is 10.6. The van der Waals surface area contributed by atoms with Gasteiger partial charge in [0.2, 0.25) is 0 Å². The molecule has 0 atom stereocenters. The molecule has 7 heteroatoms. The van der Waals surface area contributed by atoms with Gasteiger partial charge in [-0.1, -0.05) is 23.2 Å². The van der Waals surface area contributed by atoms with Crippen molar-refractivity contribution in [2.24, 2.45) is 12.1 Å². The number of nitro groups is 1. The normalized spacial score (nSPS) is 10.7. The summed E-state index contributed by atoms with van der Waals surface area (Å²) in [4.78, 5) is 13.7. The first-order valence-corrected chi connectivity index (χ1v) is 5.18. The second kappa shape index (κ2) is 5.09. The molecule has 18 heavy (non-hydrogen) atoms. The molecular weight excluding hydrogens is 234 g/mol. The summed E-state index contributed by atoms with van der Waals surface area (Å²) in [5.41, 5.74) is 4.20. The van der Waals surface area contributed by atoms with Crippen molar-refractivity contribution in [1.82, 2.24) is 9.55 Å². The molecule has 1 aromatic carbocycles. The topological polar surface area (TPSA) is 85.3 Å². The van der Waals surface area contributed by atoms with Gasteiger partial charge in [-0.3, -0.25) is 5.43 Å². The van der Waals surface area contributed by atoms with E-state index in [4.69, 9.17) is 0 Å². The zero-order valence-electron chi connectivity index (χ0n) is 9.65. The highest BCUT2D eigenvalue weighted by atomic mass is 16.6. The quantitative estimate of drug-likeness (QED) is 0.505. The molecule has 0 aliphatic carbocycles. The summed E-state index contributed by atoms with van der Waals surface area (Å²) in [6, 6.07) is 9.39. The van der Waals surface area contributed by atoms with Crippen molar-refractivity contribution >= 4 is 17.9 Å². The van der Waals surface area contributed by atoms with E-state index in [1.807, 2.05) is 30.3 Å². The molecular formula is C11H11N5O2. The van der Waals surface area contributed by atoms with E-state index in [0.717, 1.165) is 5.69 Å². The Balaban J connectivity index is 2.08. The first-order valence-electron chi connectivity index (χ1n) is 5.18. The molecule has 0 unspecified atom stereocenters. The van der Waals surface area contributed by atoms with Crippen LogP contribution in [0, 0.1) is 10.1 Å². The molecule has 1 N–H and O–H groups in total. The zero-order valence-corrected chi connectivity index (χ0v) is 9.65. The molecule has 0 radical (unpaired) electrons. The van der Waals surface area contributed by atoms with Crippen LogP contribution in [0.25, 0.3) is 0 Å². The third-order valence-electron chi connectivity index (χ3n) is 2.33. The lowest BCUT2D eigenvalue weighted by molar-refractivity contribution is -0.396. The van der Waals surface area contributed by atoms with Gasteiger partial charge in [0.05, 0.1) is 18.9 Å². The molecule has 2 aromatic rings. The Morgan fingerprint density at radius 1 is 1.44 bits per heavy atom. The molecule has 0 saturated carbocycles. The monoisotopic (exact) mass is 245 g/mol. The minimum atomic E-state index is -0.540.